The zero-order valence-corrected chi connectivity index (χ0v) is 12.3. The van der Waals surface area contributed by atoms with Crippen molar-refractivity contribution in [3.63, 3.8) is 0 Å². The van der Waals surface area contributed by atoms with E-state index in [-0.39, 0.29) is 12.5 Å². The molecule has 1 N–H and O–H groups in total. The first-order valence-corrected chi connectivity index (χ1v) is 7.02. The van der Waals surface area contributed by atoms with E-state index in [2.05, 4.69) is 6.92 Å². The van der Waals surface area contributed by atoms with Gasteiger partial charge in [0.15, 0.2) is 0 Å². The van der Waals surface area contributed by atoms with E-state index in [0.29, 0.717) is 23.3 Å². The Labute approximate surface area is 123 Å². The predicted molar refractivity (Wildman–Crippen MR) is 79.4 cm³/mol. The highest BCUT2D eigenvalue weighted by Crippen LogP contribution is 2.28. The third-order valence-corrected chi connectivity index (χ3v) is 3.36. The van der Waals surface area contributed by atoms with Gasteiger partial charge in [0.2, 0.25) is 0 Å². The van der Waals surface area contributed by atoms with Crippen molar-refractivity contribution in [3.8, 4) is 0 Å². The van der Waals surface area contributed by atoms with E-state index in [1.54, 1.807) is 0 Å². The Hall–Kier alpha value is -2.30. The number of carboxylic acid groups (broad SMARTS) is 1. The van der Waals surface area contributed by atoms with Gasteiger partial charge in [-0.3, -0.25) is 9.59 Å². The van der Waals surface area contributed by atoms with Crippen LogP contribution in [0.3, 0.4) is 0 Å². The normalized spacial score (nSPS) is 10.8. The number of carbonyl (C=O) groups excluding carboxylic acids is 1. The highest BCUT2D eigenvalue weighted by atomic mass is 16.4. The fraction of sp³-hybridized carbons (Fsp3) is 0.375. The number of likely N-dealkylation sites (N-methyl/N-ethyl adjacent to an activating group) is 1. The van der Waals surface area contributed by atoms with Crippen LogP contribution in [-0.4, -0.2) is 35.5 Å². The summed E-state index contributed by atoms with van der Waals surface area (Å²) in [5, 5.41) is 9.58. The second-order valence-corrected chi connectivity index (χ2v) is 5.05. The molecule has 2 rings (SSSR count). The van der Waals surface area contributed by atoms with Gasteiger partial charge in [-0.05, 0) is 12.5 Å². The first-order chi connectivity index (χ1) is 10.0. The SMILES string of the molecule is CCCCc1oc2ccccc2c1C(=O)N(C)CC(=O)O. The minimum Gasteiger partial charge on any atom is -0.480 e. The topological polar surface area (TPSA) is 70.8 Å². The lowest BCUT2D eigenvalue weighted by atomic mass is 10.1. The summed E-state index contributed by atoms with van der Waals surface area (Å²) in [4.78, 5) is 24.5. The lowest BCUT2D eigenvalue weighted by Gasteiger charge is -2.14. The highest BCUT2D eigenvalue weighted by Gasteiger charge is 2.23. The number of fused-ring (bicyclic) bond motifs is 1. The van der Waals surface area contributed by atoms with Gasteiger partial charge >= 0.3 is 5.97 Å². The number of carbonyl (C=O) groups is 2. The molecule has 1 amide bonds. The number of nitrogens with zero attached hydrogens (tertiary/aromatic N) is 1. The first kappa shape index (κ1) is 15.1. The smallest absolute Gasteiger partial charge is 0.323 e. The number of hydrogen-bond acceptors (Lipinski definition) is 3. The second-order valence-electron chi connectivity index (χ2n) is 5.05. The highest BCUT2D eigenvalue weighted by molar-refractivity contribution is 6.07. The molecule has 0 unspecified atom stereocenters. The number of aryl methyl sites for hydroxylation is 1. The van der Waals surface area contributed by atoms with Crippen LogP contribution >= 0.6 is 0 Å². The lowest BCUT2D eigenvalue weighted by Crippen LogP contribution is -2.32. The number of benzene rings is 1. The van der Waals surface area contributed by atoms with E-state index in [0.717, 1.165) is 18.2 Å². The molecule has 2 aromatic rings. The lowest BCUT2D eigenvalue weighted by molar-refractivity contribution is -0.137. The van der Waals surface area contributed by atoms with Gasteiger partial charge in [0.25, 0.3) is 5.91 Å². The quantitative estimate of drug-likeness (QED) is 0.887. The largest absolute Gasteiger partial charge is 0.480 e. The Bertz CT molecular complexity index is 659. The Kier molecular flexibility index (Phi) is 4.62. The molecule has 0 aliphatic heterocycles. The van der Waals surface area contributed by atoms with Crippen molar-refractivity contribution in [1.29, 1.82) is 0 Å². The second kappa shape index (κ2) is 6.43. The number of unbranched alkanes of at least 4 members (excludes halogenated alkanes) is 1. The van der Waals surface area contributed by atoms with E-state index in [9.17, 15) is 9.59 Å². The molecule has 0 spiro atoms. The van der Waals surface area contributed by atoms with Gasteiger partial charge in [-0.15, -0.1) is 0 Å². The predicted octanol–water partition coefficient (Wildman–Crippen LogP) is 2.93. The molecule has 1 heterocycles. The van der Waals surface area contributed by atoms with Gasteiger partial charge in [-0.25, -0.2) is 0 Å². The molecular weight excluding hydrogens is 270 g/mol. The fourth-order valence-corrected chi connectivity index (χ4v) is 2.31. The number of rotatable bonds is 6. The van der Waals surface area contributed by atoms with Crippen molar-refractivity contribution in [3.05, 3.63) is 35.6 Å². The summed E-state index contributed by atoms with van der Waals surface area (Å²) in [5.74, 6) is -0.706. The molecule has 1 aromatic carbocycles. The van der Waals surface area contributed by atoms with E-state index in [4.69, 9.17) is 9.52 Å². The molecule has 0 atom stereocenters. The van der Waals surface area contributed by atoms with E-state index < -0.39 is 5.97 Å². The van der Waals surface area contributed by atoms with Crippen LogP contribution in [0.5, 0.6) is 0 Å². The maximum atomic E-state index is 12.5. The van der Waals surface area contributed by atoms with Crippen LogP contribution < -0.4 is 0 Å². The molecule has 5 heteroatoms. The van der Waals surface area contributed by atoms with Gasteiger partial charge in [0, 0.05) is 18.9 Å². The van der Waals surface area contributed by atoms with Gasteiger partial charge in [0.1, 0.15) is 17.9 Å². The minimum absolute atomic E-state index is 0.312. The third-order valence-electron chi connectivity index (χ3n) is 3.36. The van der Waals surface area contributed by atoms with Crippen molar-refractivity contribution in [2.45, 2.75) is 26.2 Å². The molecule has 0 bridgehead atoms. The third kappa shape index (κ3) is 3.24. The van der Waals surface area contributed by atoms with Gasteiger partial charge in [-0.1, -0.05) is 31.5 Å². The minimum atomic E-state index is -1.03. The van der Waals surface area contributed by atoms with Crippen molar-refractivity contribution in [2.75, 3.05) is 13.6 Å². The Balaban J connectivity index is 2.43. The standard InChI is InChI=1S/C16H19NO4/c1-3-4-8-13-15(16(20)17(2)10-14(18)19)11-7-5-6-9-12(11)21-13/h5-7,9H,3-4,8,10H2,1-2H3,(H,18,19). The molecule has 0 radical (unpaired) electrons. The molecule has 0 aliphatic rings. The molecule has 1 aromatic heterocycles. The summed E-state index contributed by atoms with van der Waals surface area (Å²) in [6.45, 7) is 1.74. The maximum absolute atomic E-state index is 12.5. The summed E-state index contributed by atoms with van der Waals surface area (Å²) in [5.41, 5.74) is 1.15. The summed E-state index contributed by atoms with van der Waals surface area (Å²) in [6, 6.07) is 7.34. The molecule has 0 saturated carbocycles. The number of para-hydroxylation sites is 1. The summed E-state index contributed by atoms with van der Waals surface area (Å²) in [6.07, 6.45) is 2.59. The van der Waals surface area contributed by atoms with E-state index >= 15 is 0 Å². The summed E-state index contributed by atoms with van der Waals surface area (Å²) < 4.78 is 5.78. The summed E-state index contributed by atoms with van der Waals surface area (Å²) in [7, 11) is 1.49. The van der Waals surface area contributed by atoms with Crippen LogP contribution in [0.25, 0.3) is 11.0 Å². The molecule has 5 nitrogen and oxygen atoms in total. The molecule has 0 saturated heterocycles. The first-order valence-electron chi connectivity index (χ1n) is 7.02. The van der Waals surface area contributed by atoms with Crippen molar-refractivity contribution >= 4 is 22.8 Å². The van der Waals surface area contributed by atoms with Crippen LogP contribution in [0.15, 0.2) is 28.7 Å². The number of carboxylic acids is 1. The number of aliphatic carboxylic acids is 1. The van der Waals surface area contributed by atoms with Crippen LogP contribution in [0.4, 0.5) is 0 Å². The Morgan fingerprint density at radius 2 is 2.00 bits per heavy atom. The van der Waals surface area contributed by atoms with Crippen LogP contribution in [-0.2, 0) is 11.2 Å². The van der Waals surface area contributed by atoms with Crippen LogP contribution in [0.1, 0.15) is 35.9 Å². The van der Waals surface area contributed by atoms with Gasteiger partial charge in [0.05, 0.1) is 5.56 Å². The molecule has 21 heavy (non-hydrogen) atoms. The van der Waals surface area contributed by atoms with E-state index in [1.807, 2.05) is 24.3 Å². The summed E-state index contributed by atoms with van der Waals surface area (Å²) >= 11 is 0. The average molecular weight is 289 g/mol. The zero-order chi connectivity index (χ0) is 15.4. The van der Waals surface area contributed by atoms with E-state index in [1.165, 1.54) is 11.9 Å². The van der Waals surface area contributed by atoms with Crippen molar-refractivity contribution in [2.24, 2.45) is 0 Å². The number of hydrogen-bond donors (Lipinski definition) is 1. The number of furan rings is 1. The Morgan fingerprint density at radius 1 is 1.29 bits per heavy atom. The number of amides is 1. The van der Waals surface area contributed by atoms with Crippen LogP contribution in [0.2, 0.25) is 0 Å². The zero-order valence-electron chi connectivity index (χ0n) is 12.3. The fourth-order valence-electron chi connectivity index (χ4n) is 2.31. The van der Waals surface area contributed by atoms with Gasteiger partial charge < -0.3 is 14.4 Å². The molecule has 112 valence electrons. The Morgan fingerprint density at radius 3 is 2.67 bits per heavy atom. The van der Waals surface area contributed by atoms with Crippen LogP contribution in [0, 0.1) is 0 Å². The molecular formula is C16H19NO4. The monoisotopic (exact) mass is 289 g/mol. The maximum Gasteiger partial charge on any atom is 0.323 e. The molecule has 0 fully saturated rings. The molecule has 0 aliphatic carbocycles. The van der Waals surface area contributed by atoms with Crippen molar-refractivity contribution < 1.29 is 19.1 Å². The van der Waals surface area contributed by atoms with Gasteiger partial charge in [-0.2, -0.15) is 0 Å². The van der Waals surface area contributed by atoms with Crippen molar-refractivity contribution in [1.82, 2.24) is 4.90 Å². The average Bonchev–Trinajstić information content (AvgIpc) is 2.81.